The van der Waals surface area contributed by atoms with Crippen LogP contribution in [0.1, 0.15) is 47.0 Å². The molecule has 4 aromatic rings. The second-order valence-electron chi connectivity index (χ2n) is 8.44. The first-order chi connectivity index (χ1) is 15.6. The summed E-state index contributed by atoms with van der Waals surface area (Å²) in [6.45, 7) is 3.69. The first-order valence-corrected chi connectivity index (χ1v) is 10.9. The molecule has 7 heteroatoms. The Hall–Kier alpha value is -3.32. The number of ether oxygens (including phenoxy) is 1. The summed E-state index contributed by atoms with van der Waals surface area (Å²) in [5, 5.41) is 8.62. The van der Waals surface area contributed by atoms with E-state index in [2.05, 4.69) is 34.5 Å². The highest BCUT2D eigenvalue weighted by molar-refractivity contribution is 5.39. The Kier molecular flexibility index (Phi) is 5.57. The van der Waals surface area contributed by atoms with Crippen molar-refractivity contribution in [1.29, 1.82) is 0 Å². The molecule has 2 aromatic heterocycles. The van der Waals surface area contributed by atoms with E-state index in [9.17, 15) is 9.18 Å². The van der Waals surface area contributed by atoms with Crippen LogP contribution < -0.4 is 5.56 Å². The summed E-state index contributed by atoms with van der Waals surface area (Å²) in [7, 11) is 0. The van der Waals surface area contributed by atoms with Crippen LogP contribution in [-0.2, 0) is 17.7 Å². The number of halogens is 1. The molecule has 5 rings (SSSR count). The molecule has 0 atom stereocenters. The summed E-state index contributed by atoms with van der Waals surface area (Å²) in [5.41, 5.74) is 3.93. The van der Waals surface area contributed by atoms with Crippen molar-refractivity contribution in [2.45, 2.75) is 38.6 Å². The Morgan fingerprint density at radius 2 is 1.84 bits per heavy atom. The normalized spacial score (nSPS) is 14.8. The summed E-state index contributed by atoms with van der Waals surface area (Å²) in [6.07, 6.45) is 4.27. The van der Waals surface area contributed by atoms with Gasteiger partial charge in [0.1, 0.15) is 11.6 Å². The average molecular weight is 432 g/mol. The minimum Gasteiger partial charge on any atom is -0.381 e. The Morgan fingerprint density at radius 3 is 2.59 bits per heavy atom. The van der Waals surface area contributed by atoms with Gasteiger partial charge in [0.05, 0.1) is 6.54 Å². The number of aryl methyl sites for hydroxylation is 1. The number of aromatic nitrogens is 4. The zero-order valence-electron chi connectivity index (χ0n) is 18.0. The van der Waals surface area contributed by atoms with Gasteiger partial charge < -0.3 is 9.30 Å². The van der Waals surface area contributed by atoms with Gasteiger partial charge in [-0.2, -0.15) is 0 Å². The van der Waals surface area contributed by atoms with Crippen LogP contribution in [0.15, 0.2) is 59.5 Å². The highest BCUT2D eigenvalue weighted by atomic mass is 19.1. The molecule has 0 saturated carbocycles. The molecule has 0 spiro atoms. The van der Waals surface area contributed by atoms with Gasteiger partial charge >= 0.3 is 0 Å². The van der Waals surface area contributed by atoms with E-state index in [1.54, 1.807) is 10.6 Å². The maximum absolute atomic E-state index is 13.8. The summed E-state index contributed by atoms with van der Waals surface area (Å²) >= 11 is 0. The fourth-order valence-corrected chi connectivity index (χ4v) is 4.33. The van der Waals surface area contributed by atoms with Crippen LogP contribution in [0.5, 0.6) is 0 Å². The number of fused-ring (bicyclic) bond motifs is 1. The second-order valence-corrected chi connectivity index (χ2v) is 8.44. The molecule has 1 aliphatic rings. The van der Waals surface area contributed by atoms with Gasteiger partial charge in [-0.25, -0.2) is 4.39 Å². The highest BCUT2D eigenvalue weighted by Crippen LogP contribution is 2.26. The van der Waals surface area contributed by atoms with E-state index in [0.717, 1.165) is 35.5 Å². The molecule has 32 heavy (non-hydrogen) atoms. The lowest BCUT2D eigenvalue weighted by atomic mass is 9.99. The quantitative estimate of drug-likeness (QED) is 0.480. The van der Waals surface area contributed by atoms with E-state index in [4.69, 9.17) is 4.74 Å². The molecule has 164 valence electrons. The molecule has 6 nitrogen and oxygen atoms in total. The third-order valence-electron chi connectivity index (χ3n) is 6.11. The molecule has 2 aromatic carbocycles. The lowest BCUT2D eigenvalue weighted by molar-refractivity contribution is 0.0834. The van der Waals surface area contributed by atoms with Gasteiger partial charge in [-0.05, 0) is 43.0 Å². The van der Waals surface area contributed by atoms with Gasteiger partial charge in [-0.15, -0.1) is 10.2 Å². The maximum Gasteiger partial charge on any atom is 0.296 e. The van der Waals surface area contributed by atoms with Gasteiger partial charge in [0.15, 0.2) is 0 Å². The number of rotatable bonds is 5. The molecule has 0 aliphatic carbocycles. The van der Waals surface area contributed by atoms with Crippen LogP contribution in [0.25, 0.3) is 5.65 Å². The number of hydrogen-bond donors (Lipinski definition) is 0. The molecule has 1 saturated heterocycles. The van der Waals surface area contributed by atoms with Gasteiger partial charge in [0.2, 0.25) is 5.65 Å². The highest BCUT2D eigenvalue weighted by Gasteiger charge is 2.23. The summed E-state index contributed by atoms with van der Waals surface area (Å²) in [4.78, 5) is 13.5. The van der Waals surface area contributed by atoms with Crippen molar-refractivity contribution in [1.82, 2.24) is 19.2 Å². The first kappa shape index (κ1) is 20.6. The lowest BCUT2D eigenvalue weighted by Gasteiger charge is -2.21. The monoisotopic (exact) mass is 432 g/mol. The van der Waals surface area contributed by atoms with Crippen LogP contribution >= 0.6 is 0 Å². The fraction of sp³-hybridized carbons (Fsp3) is 0.320. The van der Waals surface area contributed by atoms with Crippen molar-refractivity contribution in [3.8, 4) is 0 Å². The Bertz CT molecular complexity index is 1300. The average Bonchev–Trinajstić information content (AvgIpc) is 3.23. The largest absolute Gasteiger partial charge is 0.381 e. The predicted molar refractivity (Wildman–Crippen MR) is 120 cm³/mol. The van der Waals surface area contributed by atoms with Crippen LogP contribution in [0, 0.1) is 12.7 Å². The summed E-state index contributed by atoms with van der Waals surface area (Å²) < 4.78 is 22.8. The molecule has 0 radical (unpaired) electrons. The number of nitrogens with zero attached hydrogens (tertiary/aromatic N) is 4. The van der Waals surface area contributed by atoms with E-state index in [0.29, 0.717) is 25.3 Å². The molecule has 0 bridgehead atoms. The molecule has 0 unspecified atom stereocenters. The topological polar surface area (TPSA) is 61.4 Å². The third-order valence-corrected chi connectivity index (χ3v) is 6.11. The Morgan fingerprint density at radius 1 is 1.06 bits per heavy atom. The van der Waals surface area contributed by atoms with Crippen molar-refractivity contribution in [3.63, 3.8) is 0 Å². The molecular weight excluding hydrogens is 407 g/mol. The molecule has 1 fully saturated rings. The summed E-state index contributed by atoms with van der Waals surface area (Å²) in [5.74, 6) is 0.703. The minimum absolute atomic E-state index is 0.212. The zero-order valence-corrected chi connectivity index (χ0v) is 18.0. The summed E-state index contributed by atoms with van der Waals surface area (Å²) in [6, 6.07) is 14.6. The third kappa shape index (κ3) is 4.08. The van der Waals surface area contributed by atoms with Gasteiger partial charge in [0.25, 0.3) is 5.56 Å². The van der Waals surface area contributed by atoms with Crippen molar-refractivity contribution < 1.29 is 9.13 Å². The van der Waals surface area contributed by atoms with Gasteiger partial charge in [0, 0.05) is 37.4 Å². The van der Waals surface area contributed by atoms with Gasteiger partial charge in [-0.3, -0.25) is 9.20 Å². The van der Waals surface area contributed by atoms with Crippen LogP contribution in [0.2, 0.25) is 0 Å². The Balaban J connectivity index is 1.63. The number of benzene rings is 2. The smallest absolute Gasteiger partial charge is 0.296 e. The van der Waals surface area contributed by atoms with E-state index in [-0.39, 0.29) is 23.8 Å². The number of hydrogen-bond acceptors (Lipinski definition) is 4. The first-order valence-electron chi connectivity index (χ1n) is 10.9. The molecule has 3 heterocycles. The molecule has 0 N–H and O–H groups in total. The standard InChI is InChI=1S/C25H25FN4O2/c1-17-5-7-18(8-6-17)14-22-16-30-23(20-9-11-32-12-10-20)27-28-24(30)25(31)29(22)15-19-3-2-4-21(26)13-19/h2-8,13,16,20H,9-12,14-15H2,1H3. The predicted octanol–water partition coefficient (Wildman–Crippen LogP) is 3.87. The molecule has 0 amide bonds. The molecule has 1 aliphatic heterocycles. The van der Waals surface area contributed by atoms with E-state index in [1.807, 2.05) is 23.6 Å². The second kappa shape index (κ2) is 8.67. The van der Waals surface area contributed by atoms with Crippen LogP contribution in [0.4, 0.5) is 4.39 Å². The van der Waals surface area contributed by atoms with Crippen molar-refractivity contribution in [3.05, 3.63) is 99.1 Å². The van der Waals surface area contributed by atoms with E-state index in [1.165, 1.54) is 17.7 Å². The molecular formula is C25H25FN4O2. The van der Waals surface area contributed by atoms with Crippen LogP contribution in [-0.4, -0.2) is 32.4 Å². The van der Waals surface area contributed by atoms with Crippen molar-refractivity contribution in [2.75, 3.05) is 13.2 Å². The van der Waals surface area contributed by atoms with Gasteiger partial charge in [-0.1, -0.05) is 42.0 Å². The maximum atomic E-state index is 13.8. The van der Waals surface area contributed by atoms with Crippen molar-refractivity contribution >= 4 is 5.65 Å². The minimum atomic E-state index is -0.319. The van der Waals surface area contributed by atoms with Crippen LogP contribution in [0.3, 0.4) is 0 Å². The van der Waals surface area contributed by atoms with E-state index >= 15 is 0 Å². The van der Waals surface area contributed by atoms with Crippen molar-refractivity contribution in [2.24, 2.45) is 0 Å². The SMILES string of the molecule is Cc1ccc(Cc2cn3c(C4CCOCC4)nnc3c(=O)n2Cc2cccc(F)c2)cc1. The zero-order chi connectivity index (χ0) is 22.1. The lowest BCUT2D eigenvalue weighted by Crippen LogP contribution is -2.27. The fourth-order valence-electron chi connectivity index (χ4n) is 4.33. The van der Waals surface area contributed by atoms with E-state index < -0.39 is 0 Å². The Labute approximate surface area is 185 Å².